The molecule has 0 aromatic heterocycles. The second-order valence-corrected chi connectivity index (χ2v) is 5.76. The average molecular weight is 327 g/mol. The van der Waals surface area contributed by atoms with Gasteiger partial charge < -0.3 is 20.7 Å². The van der Waals surface area contributed by atoms with Crippen LogP contribution < -0.4 is 20.7 Å². The Morgan fingerprint density at radius 3 is 2.25 bits per heavy atom. The molecule has 0 saturated heterocycles. The van der Waals surface area contributed by atoms with Crippen LogP contribution in [0.3, 0.4) is 0 Å². The monoisotopic (exact) mass is 327 g/mol. The van der Waals surface area contributed by atoms with Crippen LogP contribution in [0, 0.1) is 0 Å². The van der Waals surface area contributed by atoms with Gasteiger partial charge in [-0.15, -0.1) is 0 Å². The third-order valence-corrected chi connectivity index (χ3v) is 3.35. The van der Waals surface area contributed by atoms with Gasteiger partial charge in [0.05, 0.1) is 7.11 Å². The van der Waals surface area contributed by atoms with E-state index in [9.17, 15) is 9.59 Å². The van der Waals surface area contributed by atoms with Crippen LogP contribution in [0.2, 0.25) is 0 Å². The fraction of sp³-hybridized carbons (Fsp3) is 0.222. The molecule has 0 aliphatic heterocycles. The van der Waals surface area contributed by atoms with E-state index >= 15 is 0 Å². The molecule has 3 amide bonds. The number of carbonyl (C=O) groups excluding carboxylic acids is 2. The van der Waals surface area contributed by atoms with Crippen LogP contribution in [0.5, 0.6) is 5.75 Å². The van der Waals surface area contributed by atoms with Crippen molar-refractivity contribution >= 4 is 23.3 Å². The Kier molecular flexibility index (Phi) is 5.42. The number of hydrogen-bond acceptors (Lipinski definition) is 3. The standard InChI is InChI=1S/C18H21N3O3/c1-18(2,16(22)19-13-8-5-4-6-9-13)21-17(23)20-14-10-7-11-15(12-14)24-3/h4-12H,1-3H3,(H,19,22)(H2,20,21,23). The van der Waals surface area contributed by atoms with E-state index < -0.39 is 11.6 Å². The van der Waals surface area contributed by atoms with Gasteiger partial charge in [-0.05, 0) is 38.1 Å². The molecule has 0 saturated carbocycles. The van der Waals surface area contributed by atoms with Crippen molar-refractivity contribution in [3.05, 3.63) is 54.6 Å². The average Bonchev–Trinajstić information content (AvgIpc) is 2.55. The van der Waals surface area contributed by atoms with Crippen molar-refractivity contribution < 1.29 is 14.3 Å². The number of hydrogen-bond donors (Lipinski definition) is 3. The number of carbonyl (C=O) groups is 2. The molecule has 0 radical (unpaired) electrons. The lowest BCUT2D eigenvalue weighted by Crippen LogP contribution is -2.53. The highest BCUT2D eigenvalue weighted by Crippen LogP contribution is 2.17. The molecule has 2 aromatic rings. The van der Waals surface area contributed by atoms with Crippen molar-refractivity contribution in [1.29, 1.82) is 0 Å². The van der Waals surface area contributed by atoms with Gasteiger partial charge in [-0.2, -0.15) is 0 Å². The molecule has 0 unspecified atom stereocenters. The number of urea groups is 1. The topological polar surface area (TPSA) is 79.5 Å². The van der Waals surface area contributed by atoms with Gasteiger partial charge >= 0.3 is 6.03 Å². The van der Waals surface area contributed by atoms with Crippen LogP contribution >= 0.6 is 0 Å². The second-order valence-electron chi connectivity index (χ2n) is 5.76. The van der Waals surface area contributed by atoms with Crippen LogP contribution in [0.25, 0.3) is 0 Å². The molecular formula is C18H21N3O3. The van der Waals surface area contributed by atoms with Crippen molar-refractivity contribution in [2.45, 2.75) is 19.4 Å². The van der Waals surface area contributed by atoms with Crippen LogP contribution in [0.1, 0.15) is 13.8 Å². The summed E-state index contributed by atoms with van der Waals surface area (Å²) in [5, 5.41) is 8.11. The molecule has 6 nitrogen and oxygen atoms in total. The molecule has 3 N–H and O–H groups in total. The Morgan fingerprint density at radius 2 is 1.58 bits per heavy atom. The first-order valence-corrected chi connectivity index (χ1v) is 7.50. The molecule has 0 bridgehead atoms. The zero-order chi connectivity index (χ0) is 17.6. The number of anilines is 2. The number of benzene rings is 2. The molecule has 24 heavy (non-hydrogen) atoms. The van der Waals surface area contributed by atoms with Crippen molar-refractivity contribution in [2.75, 3.05) is 17.7 Å². The summed E-state index contributed by atoms with van der Waals surface area (Å²) in [5.74, 6) is 0.323. The fourth-order valence-electron chi connectivity index (χ4n) is 2.01. The molecule has 0 fully saturated rings. The summed E-state index contributed by atoms with van der Waals surface area (Å²) in [5.41, 5.74) is 0.162. The van der Waals surface area contributed by atoms with E-state index in [2.05, 4.69) is 16.0 Å². The highest BCUT2D eigenvalue weighted by molar-refractivity contribution is 6.01. The summed E-state index contributed by atoms with van der Waals surface area (Å²) in [6, 6.07) is 15.6. The molecule has 6 heteroatoms. The number of rotatable bonds is 5. The van der Waals surface area contributed by atoms with E-state index in [1.807, 2.05) is 18.2 Å². The van der Waals surface area contributed by atoms with Gasteiger partial charge in [0.1, 0.15) is 11.3 Å². The van der Waals surface area contributed by atoms with Gasteiger partial charge in [0.2, 0.25) is 5.91 Å². The lowest BCUT2D eigenvalue weighted by Gasteiger charge is -2.25. The SMILES string of the molecule is COc1cccc(NC(=O)NC(C)(C)C(=O)Nc2ccccc2)c1. The lowest BCUT2D eigenvalue weighted by molar-refractivity contribution is -0.120. The first-order valence-electron chi connectivity index (χ1n) is 7.50. The van der Waals surface area contributed by atoms with Crippen molar-refractivity contribution in [2.24, 2.45) is 0 Å². The van der Waals surface area contributed by atoms with E-state index in [1.165, 1.54) is 0 Å². The van der Waals surface area contributed by atoms with Gasteiger partial charge in [0, 0.05) is 17.4 Å². The van der Waals surface area contributed by atoms with Crippen LogP contribution in [0.15, 0.2) is 54.6 Å². The zero-order valence-corrected chi connectivity index (χ0v) is 13.9. The predicted molar refractivity (Wildman–Crippen MR) is 94.3 cm³/mol. The van der Waals surface area contributed by atoms with Crippen LogP contribution in [-0.4, -0.2) is 24.6 Å². The highest BCUT2D eigenvalue weighted by Gasteiger charge is 2.29. The van der Waals surface area contributed by atoms with Gasteiger partial charge in [-0.1, -0.05) is 24.3 Å². The summed E-state index contributed by atoms with van der Waals surface area (Å²) >= 11 is 0. The summed E-state index contributed by atoms with van der Waals surface area (Å²) in [6.45, 7) is 3.27. The molecule has 0 atom stereocenters. The number of amides is 3. The van der Waals surface area contributed by atoms with E-state index in [4.69, 9.17) is 4.74 Å². The molecular weight excluding hydrogens is 306 g/mol. The third kappa shape index (κ3) is 4.74. The normalized spacial score (nSPS) is 10.6. The molecule has 0 heterocycles. The van der Waals surface area contributed by atoms with Gasteiger partial charge in [-0.25, -0.2) is 4.79 Å². The summed E-state index contributed by atoms with van der Waals surface area (Å²) in [4.78, 5) is 24.5. The number of ether oxygens (including phenoxy) is 1. The summed E-state index contributed by atoms with van der Waals surface area (Å²) in [7, 11) is 1.55. The Balaban J connectivity index is 1.96. The minimum Gasteiger partial charge on any atom is -0.497 e. The minimum atomic E-state index is -1.08. The fourth-order valence-corrected chi connectivity index (χ4v) is 2.01. The lowest BCUT2D eigenvalue weighted by atomic mass is 10.0. The van der Waals surface area contributed by atoms with Gasteiger partial charge in [0.15, 0.2) is 0 Å². The second kappa shape index (κ2) is 7.50. The van der Waals surface area contributed by atoms with Crippen molar-refractivity contribution in [3.63, 3.8) is 0 Å². The smallest absolute Gasteiger partial charge is 0.320 e. The number of methoxy groups -OCH3 is 1. The first kappa shape index (κ1) is 17.3. The van der Waals surface area contributed by atoms with Crippen LogP contribution in [0.4, 0.5) is 16.2 Å². The van der Waals surface area contributed by atoms with E-state index in [-0.39, 0.29) is 5.91 Å². The predicted octanol–water partition coefficient (Wildman–Crippen LogP) is 3.23. The Labute approximate surface area is 141 Å². The summed E-state index contributed by atoms with van der Waals surface area (Å²) < 4.78 is 5.11. The maximum absolute atomic E-state index is 12.3. The number of nitrogens with one attached hydrogen (secondary N) is 3. The largest absolute Gasteiger partial charge is 0.497 e. The zero-order valence-electron chi connectivity index (χ0n) is 13.9. The third-order valence-electron chi connectivity index (χ3n) is 3.35. The van der Waals surface area contributed by atoms with E-state index in [0.717, 1.165) is 0 Å². The molecule has 0 aliphatic carbocycles. The molecule has 0 aliphatic rings. The highest BCUT2D eigenvalue weighted by atomic mass is 16.5. The maximum Gasteiger partial charge on any atom is 0.320 e. The van der Waals surface area contributed by atoms with Gasteiger partial charge in [0.25, 0.3) is 0 Å². The number of para-hydroxylation sites is 1. The first-order chi connectivity index (χ1) is 11.4. The molecule has 0 spiro atoms. The summed E-state index contributed by atoms with van der Waals surface area (Å²) in [6.07, 6.45) is 0. The molecule has 2 aromatic carbocycles. The van der Waals surface area contributed by atoms with Gasteiger partial charge in [-0.3, -0.25) is 4.79 Å². The maximum atomic E-state index is 12.3. The van der Waals surface area contributed by atoms with Crippen molar-refractivity contribution in [1.82, 2.24) is 5.32 Å². The van der Waals surface area contributed by atoms with E-state index in [1.54, 1.807) is 57.4 Å². The Bertz CT molecular complexity index is 714. The Morgan fingerprint density at radius 1 is 0.917 bits per heavy atom. The van der Waals surface area contributed by atoms with E-state index in [0.29, 0.717) is 17.1 Å². The van der Waals surface area contributed by atoms with Crippen LogP contribution in [-0.2, 0) is 4.79 Å². The Hall–Kier alpha value is -3.02. The molecule has 126 valence electrons. The quantitative estimate of drug-likeness (QED) is 0.789. The van der Waals surface area contributed by atoms with Crippen molar-refractivity contribution in [3.8, 4) is 5.75 Å². The molecule has 2 rings (SSSR count). The minimum absolute atomic E-state index is 0.311.